The summed E-state index contributed by atoms with van der Waals surface area (Å²) in [5.41, 5.74) is 0.238. The number of ether oxygens (including phenoxy) is 3. The van der Waals surface area contributed by atoms with Crippen molar-refractivity contribution < 1.29 is 37.4 Å². The molecule has 12 heteroatoms. The second-order valence-electron chi connectivity index (χ2n) is 5.84. The van der Waals surface area contributed by atoms with E-state index in [2.05, 4.69) is 20.1 Å². The first-order valence-electron chi connectivity index (χ1n) is 8.21. The van der Waals surface area contributed by atoms with Gasteiger partial charge in [0.2, 0.25) is 0 Å². The van der Waals surface area contributed by atoms with E-state index in [-0.39, 0.29) is 27.8 Å². The van der Waals surface area contributed by atoms with Gasteiger partial charge in [0.1, 0.15) is 6.54 Å². The molecule has 0 saturated carbocycles. The third-order valence-electron chi connectivity index (χ3n) is 3.62. The van der Waals surface area contributed by atoms with Gasteiger partial charge in [0.15, 0.2) is 18.1 Å². The first-order valence-corrected chi connectivity index (χ1v) is 8.97. The van der Waals surface area contributed by atoms with Gasteiger partial charge in [-0.3, -0.25) is 14.4 Å². The monoisotopic (exact) mass is 460 g/mol. The summed E-state index contributed by atoms with van der Waals surface area (Å²) in [5.74, 6) is -2.68. The van der Waals surface area contributed by atoms with Crippen molar-refractivity contribution in [3.63, 3.8) is 0 Å². The van der Waals surface area contributed by atoms with Crippen molar-refractivity contribution in [2.45, 2.75) is 6.29 Å². The number of alkyl halides is 2. The van der Waals surface area contributed by atoms with Gasteiger partial charge in [-0.05, 0) is 30.3 Å². The van der Waals surface area contributed by atoms with Gasteiger partial charge < -0.3 is 24.8 Å². The lowest BCUT2D eigenvalue weighted by atomic mass is 10.2. The Labute approximate surface area is 178 Å². The Balaban J connectivity index is 1.44. The number of esters is 1. The molecular weight excluding hydrogens is 449 g/mol. The van der Waals surface area contributed by atoms with Gasteiger partial charge in [-0.25, -0.2) is 0 Å². The molecule has 2 N–H and O–H groups in total. The SMILES string of the molecule is O=C(COC(=O)CNC(=O)c1ccc(Cl)cc1Cl)Nc1ccc2c(c1)OC(F)(F)O2. The Bertz CT molecular complexity index is 1020. The predicted molar refractivity (Wildman–Crippen MR) is 101 cm³/mol. The number of amides is 2. The number of anilines is 1. The van der Waals surface area contributed by atoms with Crippen molar-refractivity contribution in [1.82, 2.24) is 5.32 Å². The Morgan fingerprint density at radius 1 is 1.03 bits per heavy atom. The lowest BCUT2D eigenvalue weighted by Gasteiger charge is -2.09. The Morgan fingerprint density at radius 3 is 2.50 bits per heavy atom. The summed E-state index contributed by atoms with van der Waals surface area (Å²) in [6.07, 6.45) is -3.78. The standard InChI is InChI=1S/C18H12Cl2F2N2O6/c19-9-1-3-11(12(20)5-9)17(27)23-7-16(26)28-8-15(25)24-10-2-4-13-14(6-10)30-18(21,22)29-13/h1-6H,7-8H2,(H,23,27)(H,24,25). The number of carbonyl (C=O) groups excluding carboxylic acids is 3. The van der Waals surface area contributed by atoms with Crippen LogP contribution in [0, 0.1) is 0 Å². The average molecular weight is 461 g/mol. The fraction of sp³-hybridized carbons (Fsp3) is 0.167. The number of benzene rings is 2. The maximum absolute atomic E-state index is 13.0. The van der Waals surface area contributed by atoms with Crippen molar-refractivity contribution >= 4 is 46.7 Å². The largest absolute Gasteiger partial charge is 0.586 e. The lowest BCUT2D eigenvalue weighted by Crippen LogP contribution is -2.32. The zero-order chi connectivity index (χ0) is 21.9. The highest BCUT2D eigenvalue weighted by Crippen LogP contribution is 2.42. The maximum atomic E-state index is 13.0. The van der Waals surface area contributed by atoms with Crippen LogP contribution in [0.2, 0.25) is 10.0 Å². The van der Waals surface area contributed by atoms with Crippen LogP contribution in [0.1, 0.15) is 10.4 Å². The van der Waals surface area contributed by atoms with E-state index in [1.807, 2.05) is 0 Å². The first kappa shape index (κ1) is 21.6. The minimum atomic E-state index is -3.78. The molecule has 0 fully saturated rings. The van der Waals surface area contributed by atoms with Gasteiger partial charge >= 0.3 is 12.3 Å². The number of hydrogen-bond donors (Lipinski definition) is 2. The van der Waals surface area contributed by atoms with Crippen LogP contribution < -0.4 is 20.1 Å². The quantitative estimate of drug-likeness (QED) is 0.641. The molecular formula is C18H12Cl2F2N2O6. The molecule has 0 bridgehead atoms. The van der Waals surface area contributed by atoms with Crippen molar-refractivity contribution in [3.8, 4) is 11.5 Å². The normalized spacial score (nSPS) is 13.5. The fourth-order valence-electron chi connectivity index (χ4n) is 2.34. The third kappa shape index (κ3) is 5.49. The summed E-state index contributed by atoms with van der Waals surface area (Å²) in [7, 11) is 0. The summed E-state index contributed by atoms with van der Waals surface area (Å²) in [4.78, 5) is 35.6. The van der Waals surface area contributed by atoms with Crippen LogP contribution in [0.25, 0.3) is 0 Å². The predicted octanol–water partition coefficient (Wildman–Crippen LogP) is 3.23. The third-order valence-corrected chi connectivity index (χ3v) is 4.17. The second kappa shape index (κ2) is 8.72. The molecule has 3 rings (SSSR count). The van der Waals surface area contributed by atoms with Crippen LogP contribution in [0.5, 0.6) is 11.5 Å². The maximum Gasteiger partial charge on any atom is 0.586 e. The molecule has 0 aromatic heterocycles. The van der Waals surface area contributed by atoms with Crippen LogP contribution in [0.15, 0.2) is 36.4 Å². The Morgan fingerprint density at radius 2 is 1.77 bits per heavy atom. The van der Waals surface area contributed by atoms with E-state index in [4.69, 9.17) is 27.9 Å². The van der Waals surface area contributed by atoms with Gasteiger partial charge in [-0.2, -0.15) is 0 Å². The zero-order valence-corrected chi connectivity index (χ0v) is 16.4. The number of halogens is 4. The molecule has 0 saturated heterocycles. The Hall–Kier alpha value is -3.11. The van der Waals surface area contributed by atoms with Gasteiger partial charge in [0.25, 0.3) is 11.8 Å². The zero-order valence-electron chi connectivity index (χ0n) is 14.8. The van der Waals surface area contributed by atoms with E-state index in [0.29, 0.717) is 5.02 Å². The highest BCUT2D eigenvalue weighted by Gasteiger charge is 2.43. The van der Waals surface area contributed by atoms with E-state index in [0.717, 1.165) is 6.07 Å². The van der Waals surface area contributed by atoms with Crippen molar-refractivity contribution in [3.05, 3.63) is 52.0 Å². The van der Waals surface area contributed by atoms with Crippen LogP contribution in [-0.4, -0.2) is 37.2 Å². The molecule has 0 unspecified atom stereocenters. The summed E-state index contributed by atoms with van der Waals surface area (Å²) in [6, 6.07) is 7.85. The van der Waals surface area contributed by atoms with Crippen LogP contribution in [-0.2, 0) is 14.3 Å². The number of carbonyl (C=O) groups is 3. The smallest absolute Gasteiger partial charge is 0.454 e. The van der Waals surface area contributed by atoms with Crippen molar-refractivity contribution in [1.29, 1.82) is 0 Å². The summed E-state index contributed by atoms with van der Waals surface area (Å²) >= 11 is 11.6. The molecule has 0 atom stereocenters. The van der Waals surface area contributed by atoms with Gasteiger partial charge in [-0.15, -0.1) is 8.78 Å². The molecule has 158 valence electrons. The molecule has 2 aromatic rings. The highest BCUT2D eigenvalue weighted by molar-refractivity contribution is 6.36. The molecule has 1 heterocycles. The van der Waals surface area contributed by atoms with Gasteiger partial charge in [0.05, 0.1) is 10.6 Å². The van der Waals surface area contributed by atoms with Gasteiger partial charge in [-0.1, -0.05) is 23.2 Å². The van der Waals surface area contributed by atoms with Crippen LogP contribution in [0.4, 0.5) is 14.5 Å². The van der Waals surface area contributed by atoms with Crippen molar-refractivity contribution in [2.24, 2.45) is 0 Å². The molecule has 2 amide bonds. The fourth-order valence-corrected chi connectivity index (χ4v) is 2.84. The molecule has 30 heavy (non-hydrogen) atoms. The van der Waals surface area contributed by atoms with Crippen LogP contribution in [0.3, 0.4) is 0 Å². The lowest BCUT2D eigenvalue weighted by molar-refractivity contribution is -0.286. The summed E-state index contributed by atoms with van der Waals surface area (Å²) in [6.45, 7) is -1.18. The first-order chi connectivity index (χ1) is 14.1. The number of fused-ring (bicyclic) bond motifs is 1. The molecule has 8 nitrogen and oxygen atoms in total. The summed E-state index contributed by atoms with van der Waals surface area (Å²) in [5, 5.41) is 5.09. The molecule has 1 aliphatic rings. The highest BCUT2D eigenvalue weighted by atomic mass is 35.5. The van der Waals surface area contributed by atoms with E-state index in [1.165, 1.54) is 30.3 Å². The molecule has 0 spiro atoms. The number of nitrogens with one attached hydrogen (secondary N) is 2. The summed E-state index contributed by atoms with van der Waals surface area (Å²) < 4.78 is 39.2. The van der Waals surface area contributed by atoms with Gasteiger partial charge in [0, 0.05) is 16.8 Å². The van der Waals surface area contributed by atoms with E-state index >= 15 is 0 Å². The number of rotatable bonds is 6. The molecule has 0 aliphatic carbocycles. The van der Waals surface area contributed by atoms with Crippen molar-refractivity contribution in [2.75, 3.05) is 18.5 Å². The minimum Gasteiger partial charge on any atom is -0.454 e. The number of hydrogen-bond acceptors (Lipinski definition) is 6. The van der Waals surface area contributed by atoms with E-state index in [9.17, 15) is 23.2 Å². The topological polar surface area (TPSA) is 103 Å². The molecule has 1 aliphatic heterocycles. The average Bonchev–Trinajstić information content (AvgIpc) is 2.97. The molecule has 0 radical (unpaired) electrons. The van der Waals surface area contributed by atoms with E-state index < -0.39 is 37.2 Å². The molecule has 2 aromatic carbocycles. The van der Waals surface area contributed by atoms with Crippen LogP contribution >= 0.6 is 23.2 Å². The second-order valence-corrected chi connectivity index (χ2v) is 6.69. The Kier molecular flexibility index (Phi) is 6.28. The minimum absolute atomic E-state index is 0.106. The van der Waals surface area contributed by atoms with E-state index in [1.54, 1.807) is 0 Å².